The molecular formula is C21H29N3OS. The largest absolute Gasteiger partial charge is 0.368 e. The third-order valence-corrected chi connectivity index (χ3v) is 6.84. The maximum absolute atomic E-state index is 11.4. The van der Waals surface area contributed by atoms with Crippen molar-refractivity contribution in [2.75, 3.05) is 37.6 Å². The smallest absolute Gasteiger partial charge is 0.219 e. The molecule has 0 radical (unpaired) electrons. The van der Waals surface area contributed by atoms with Gasteiger partial charge in [0.2, 0.25) is 5.91 Å². The van der Waals surface area contributed by atoms with Crippen LogP contribution in [0.1, 0.15) is 32.6 Å². The van der Waals surface area contributed by atoms with Crippen LogP contribution in [0.5, 0.6) is 0 Å². The Hall–Kier alpha value is -1.59. The maximum atomic E-state index is 11.4. The number of amides is 1. The Balaban J connectivity index is 1.20. The lowest BCUT2D eigenvalue weighted by Crippen LogP contribution is -2.48. The standard InChI is InChI=1S/C21H29N3OS/c1-2-21(25)22-17-14-16(15-17)6-8-23-9-11-24(12-10-23)19-4-3-5-20-18(19)7-13-26-20/h3-5,7,13,16-17H,2,6,8-12,14-15H2,1H3,(H,22,25). The van der Waals surface area contributed by atoms with E-state index in [0.29, 0.717) is 12.5 Å². The zero-order chi connectivity index (χ0) is 17.9. The van der Waals surface area contributed by atoms with E-state index in [1.165, 1.54) is 41.6 Å². The molecule has 2 fully saturated rings. The lowest BCUT2D eigenvalue weighted by Gasteiger charge is -2.39. The Bertz CT molecular complexity index is 745. The Morgan fingerprint density at radius 1 is 1.19 bits per heavy atom. The highest BCUT2D eigenvalue weighted by atomic mass is 32.1. The zero-order valence-corrected chi connectivity index (χ0v) is 16.4. The van der Waals surface area contributed by atoms with Gasteiger partial charge in [-0.25, -0.2) is 0 Å². The van der Waals surface area contributed by atoms with Crippen LogP contribution in [-0.2, 0) is 4.79 Å². The minimum Gasteiger partial charge on any atom is -0.368 e. The van der Waals surface area contributed by atoms with Gasteiger partial charge in [-0.2, -0.15) is 0 Å². The molecule has 0 bridgehead atoms. The molecule has 1 aromatic carbocycles. The van der Waals surface area contributed by atoms with Crippen LogP contribution in [0.15, 0.2) is 29.6 Å². The molecule has 1 amide bonds. The molecule has 26 heavy (non-hydrogen) atoms. The molecular weight excluding hydrogens is 342 g/mol. The van der Waals surface area contributed by atoms with E-state index in [-0.39, 0.29) is 5.91 Å². The predicted molar refractivity (Wildman–Crippen MR) is 110 cm³/mol. The van der Waals surface area contributed by atoms with E-state index in [2.05, 4.69) is 44.8 Å². The molecule has 1 aliphatic heterocycles. The number of fused-ring (bicyclic) bond motifs is 1. The molecule has 1 aliphatic carbocycles. The van der Waals surface area contributed by atoms with Crippen molar-refractivity contribution in [3.8, 4) is 0 Å². The number of hydrogen-bond acceptors (Lipinski definition) is 4. The average molecular weight is 372 g/mol. The Kier molecular flexibility index (Phi) is 5.46. The summed E-state index contributed by atoms with van der Waals surface area (Å²) in [6.07, 6.45) is 4.22. The van der Waals surface area contributed by atoms with Crippen molar-refractivity contribution in [1.82, 2.24) is 10.2 Å². The molecule has 4 nitrogen and oxygen atoms in total. The highest BCUT2D eigenvalue weighted by molar-refractivity contribution is 7.17. The second-order valence-electron chi connectivity index (χ2n) is 7.68. The first-order chi connectivity index (χ1) is 12.7. The fourth-order valence-corrected chi connectivity index (χ4v) is 5.06. The van der Waals surface area contributed by atoms with Gasteiger partial charge in [0.1, 0.15) is 0 Å². The van der Waals surface area contributed by atoms with Crippen LogP contribution >= 0.6 is 11.3 Å². The number of rotatable bonds is 6. The van der Waals surface area contributed by atoms with E-state index in [0.717, 1.165) is 32.1 Å². The van der Waals surface area contributed by atoms with Crippen LogP contribution in [0.2, 0.25) is 0 Å². The van der Waals surface area contributed by atoms with Crippen LogP contribution < -0.4 is 10.2 Å². The maximum Gasteiger partial charge on any atom is 0.219 e. The average Bonchev–Trinajstić information content (AvgIpc) is 3.12. The van der Waals surface area contributed by atoms with Gasteiger partial charge < -0.3 is 10.2 Å². The fraction of sp³-hybridized carbons (Fsp3) is 0.571. The van der Waals surface area contributed by atoms with Crippen LogP contribution in [0.25, 0.3) is 10.1 Å². The van der Waals surface area contributed by atoms with Crippen LogP contribution in [0, 0.1) is 5.92 Å². The van der Waals surface area contributed by atoms with E-state index in [1.807, 2.05) is 18.3 Å². The summed E-state index contributed by atoms with van der Waals surface area (Å²) in [5, 5.41) is 6.71. The summed E-state index contributed by atoms with van der Waals surface area (Å²) in [5.74, 6) is 1.000. The Morgan fingerprint density at radius 3 is 2.77 bits per heavy atom. The third kappa shape index (κ3) is 3.89. The molecule has 1 saturated heterocycles. The first-order valence-electron chi connectivity index (χ1n) is 9.96. The van der Waals surface area contributed by atoms with Crippen molar-refractivity contribution >= 4 is 33.0 Å². The van der Waals surface area contributed by atoms with Crippen molar-refractivity contribution < 1.29 is 4.79 Å². The molecule has 1 N–H and O–H groups in total. The van der Waals surface area contributed by atoms with Crippen molar-refractivity contribution in [2.45, 2.75) is 38.6 Å². The van der Waals surface area contributed by atoms with Crippen molar-refractivity contribution in [3.05, 3.63) is 29.6 Å². The van der Waals surface area contributed by atoms with Crippen LogP contribution in [0.3, 0.4) is 0 Å². The number of carbonyl (C=O) groups excluding carboxylic acids is 1. The quantitative estimate of drug-likeness (QED) is 0.841. The lowest BCUT2D eigenvalue weighted by atomic mass is 9.78. The van der Waals surface area contributed by atoms with E-state index in [1.54, 1.807) is 0 Å². The van der Waals surface area contributed by atoms with Crippen molar-refractivity contribution in [3.63, 3.8) is 0 Å². The number of nitrogens with one attached hydrogen (secondary N) is 1. The first-order valence-corrected chi connectivity index (χ1v) is 10.8. The summed E-state index contributed by atoms with van der Waals surface area (Å²) < 4.78 is 1.39. The van der Waals surface area contributed by atoms with Gasteiger partial charge >= 0.3 is 0 Å². The Labute approximate surface area is 160 Å². The highest BCUT2D eigenvalue weighted by Crippen LogP contribution is 2.32. The molecule has 140 valence electrons. The molecule has 2 heterocycles. The number of anilines is 1. The second-order valence-corrected chi connectivity index (χ2v) is 8.63. The number of benzene rings is 1. The second kappa shape index (κ2) is 7.97. The van der Waals surface area contributed by atoms with Gasteiger partial charge in [-0.05, 0) is 55.3 Å². The van der Waals surface area contributed by atoms with E-state index in [4.69, 9.17) is 0 Å². The SMILES string of the molecule is CCC(=O)NC1CC(CCN2CCN(c3cccc4sccc34)CC2)C1. The molecule has 1 aromatic heterocycles. The highest BCUT2D eigenvalue weighted by Gasteiger charge is 2.30. The summed E-state index contributed by atoms with van der Waals surface area (Å²) in [6.45, 7) is 7.68. The van der Waals surface area contributed by atoms with E-state index < -0.39 is 0 Å². The fourth-order valence-electron chi connectivity index (χ4n) is 4.25. The molecule has 2 aliphatic rings. The summed E-state index contributed by atoms with van der Waals surface area (Å²) in [6, 6.07) is 9.37. The van der Waals surface area contributed by atoms with Gasteiger partial charge in [0, 0.05) is 54.4 Å². The predicted octanol–water partition coefficient (Wildman–Crippen LogP) is 3.72. The van der Waals surface area contributed by atoms with Gasteiger partial charge in [-0.15, -0.1) is 11.3 Å². The molecule has 2 aromatic rings. The third-order valence-electron chi connectivity index (χ3n) is 5.96. The minimum absolute atomic E-state index is 0.199. The summed E-state index contributed by atoms with van der Waals surface area (Å²) >= 11 is 1.83. The number of hydrogen-bond donors (Lipinski definition) is 1. The van der Waals surface area contributed by atoms with Crippen LogP contribution in [-0.4, -0.2) is 49.6 Å². The zero-order valence-electron chi connectivity index (χ0n) is 15.6. The molecule has 0 atom stereocenters. The topological polar surface area (TPSA) is 35.6 Å². The van der Waals surface area contributed by atoms with Gasteiger partial charge in [-0.1, -0.05) is 13.0 Å². The van der Waals surface area contributed by atoms with Gasteiger partial charge in [0.05, 0.1) is 0 Å². The van der Waals surface area contributed by atoms with Crippen LogP contribution in [0.4, 0.5) is 5.69 Å². The summed E-state index contributed by atoms with van der Waals surface area (Å²) in [4.78, 5) is 16.6. The molecule has 0 spiro atoms. The van der Waals surface area contributed by atoms with E-state index >= 15 is 0 Å². The number of piperazine rings is 1. The first kappa shape index (κ1) is 17.8. The van der Waals surface area contributed by atoms with Gasteiger partial charge in [0.25, 0.3) is 0 Å². The molecule has 0 unspecified atom stereocenters. The summed E-state index contributed by atoms with van der Waals surface area (Å²) in [5.41, 5.74) is 1.40. The molecule has 1 saturated carbocycles. The molecule has 4 rings (SSSR count). The van der Waals surface area contributed by atoms with E-state index in [9.17, 15) is 4.79 Å². The minimum atomic E-state index is 0.199. The molecule has 5 heteroatoms. The summed E-state index contributed by atoms with van der Waals surface area (Å²) in [7, 11) is 0. The van der Waals surface area contributed by atoms with Gasteiger partial charge in [0.15, 0.2) is 0 Å². The Morgan fingerprint density at radius 2 is 2.00 bits per heavy atom. The van der Waals surface area contributed by atoms with Crippen molar-refractivity contribution in [1.29, 1.82) is 0 Å². The number of carbonyl (C=O) groups is 1. The van der Waals surface area contributed by atoms with Gasteiger partial charge in [-0.3, -0.25) is 9.69 Å². The lowest BCUT2D eigenvalue weighted by molar-refractivity contribution is -0.122. The van der Waals surface area contributed by atoms with Crippen molar-refractivity contribution in [2.24, 2.45) is 5.92 Å². The number of nitrogens with zero attached hydrogens (tertiary/aromatic N) is 2. The number of thiophene rings is 1. The normalized spacial score (nSPS) is 23.8. The monoisotopic (exact) mass is 371 g/mol.